The number of aromatic amines is 1. The van der Waals surface area contributed by atoms with E-state index in [0.29, 0.717) is 18.1 Å². The van der Waals surface area contributed by atoms with Gasteiger partial charge in [0, 0.05) is 40.8 Å². The molecule has 4 heterocycles. The van der Waals surface area contributed by atoms with Crippen LogP contribution in [0.15, 0.2) is 48.8 Å². The topological polar surface area (TPSA) is 52.7 Å². The average Bonchev–Trinajstić information content (AvgIpc) is 3.21. The molecule has 2 bridgehead atoms. The largest absolute Gasteiger partial charge is 0.381 e. The summed E-state index contributed by atoms with van der Waals surface area (Å²) in [6.07, 6.45) is 9.07. The highest BCUT2D eigenvalue weighted by Crippen LogP contribution is 2.29. The van der Waals surface area contributed by atoms with Crippen molar-refractivity contribution in [3.05, 3.63) is 48.8 Å². The van der Waals surface area contributed by atoms with Crippen LogP contribution in [0.1, 0.15) is 25.7 Å². The number of aromatic nitrogens is 2. The number of hydrogen-bond donors (Lipinski definition) is 3. The number of pyridine rings is 1. The maximum absolute atomic E-state index is 4.67. The molecule has 2 aromatic heterocycles. The molecule has 2 fully saturated rings. The van der Waals surface area contributed by atoms with E-state index in [0.717, 1.165) is 22.5 Å². The molecule has 5 rings (SSSR count). The summed E-state index contributed by atoms with van der Waals surface area (Å²) < 4.78 is 0. The van der Waals surface area contributed by atoms with Crippen molar-refractivity contribution in [2.75, 3.05) is 5.32 Å². The van der Waals surface area contributed by atoms with Gasteiger partial charge < -0.3 is 15.6 Å². The van der Waals surface area contributed by atoms with E-state index in [9.17, 15) is 0 Å². The Morgan fingerprint density at radius 2 is 1.88 bits per heavy atom. The smallest absolute Gasteiger partial charge is 0.0703 e. The maximum atomic E-state index is 4.67. The molecule has 3 N–H and O–H groups in total. The molecule has 1 aromatic carbocycles. The lowest BCUT2D eigenvalue weighted by Crippen LogP contribution is -2.43. The molecule has 0 saturated carbocycles. The number of piperidine rings is 1. The van der Waals surface area contributed by atoms with Crippen molar-refractivity contribution >= 4 is 16.6 Å². The van der Waals surface area contributed by atoms with Crippen LogP contribution in [-0.2, 0) is 0 Å². The molecular formula is C20H22N4. The molecule has 3 atom stereocenters. The van der Waals surface area contributed by atoms with E-state index in [2.05, 4.69) is 57.0 Å². The Kier molecular flexibility index (Phi) is 3.30. The van der Waals surface area contributed by atoms with Crippen LogP contribution in [0.5, 0.6) is 0 Å². The van der Waals surface area contributed by atoms with Gasteiger partial charge in [0.1, 0.15) is 0 Å². The van der Waals surface area contributed by atoms with Gasteiger partial charge >= 0.3 is 0 Å². The van der Waals surface area contributed by atoms with E-state index in [1.807, 2.05) is 12.4 Å². The van der Waals surface area contributed by atoms with Crippen molar-refractivity contribution in [1.29, 1.82) is 0 Å². The Balaban J connectivity index is 1.33. The second kappa shape index (κ2) is 5.64. The summed E-state index contributed by atoms with van der Waals surface area (Å²) >= 11 is 0. The average molecular weight is 318 g/mol. The van der Waals surface area contributed by atoms with Gasteiger partial charge in [0.05, 0.1) is 17.6 Å². The normalized spacial score (nSPS) is 25.9. The zero-order valence-electron chi connectivity index (χ0n) is 13.6. The number of nitrogens with zero attached hydrogens (tertiary/aromatic N) is 1. The number of anilines is 1. The summed E-state index contributed by atoms with van der Waals surface area (Å²) in [5, 5.41) is 8.59. The first-order valence-corrected chi connectivity index (χ1v) is 8.90. The van der Waals surface area contributed by atoms with Crippen molar-refractivity contribution in [2.45, 2.75) is 43.8 Å². The third kappa shape index (κ3) is 2.57. The van der Waals surface area contributed by atoms with Gasteiger partial charge in [-0.1, -0.05) is 6.07 Å². The minimum Gasteiger partial charge on any atom is -0.381 e. The Hall–Kier alpha value is -2.33. The lowest BCUT2D eigenvalue weighted by Gasteiger charge is -2.30. The predicted molar refractivity (Wildman–Crippen MR) is 98.1 cm³/mol. The van der Waals surface area contributed by atoms with E-state index in [1.165, 1.54) is 31.1 Å². The van der Waals surface area contributed by atoms with Crippen LogP contribution >= 0.6 is 0 Å². The lowest BCUT2D eigenvalue weighted by molar-refractivity contribution is 0.378. The van der Waals surface area contributed by atoms with Crippen molar-refractivity contribution in [3.8, 4) is 11.3 Å². The zero-order valence-corrected chi connectivity index (χ0v) is 13.6. The second-order valence-electron chi connectivity index (χ2n) is 7.16. The van der Waals surface area contributed by atoms with Crippen molar-refractivity contribution < 1.29 is 0 Å². The fourth-order valence-corrected chi connectivity index (χ4v) is 4.27. The number of nitrogens with one attached hydrogen (secondary N) is 3. The van der Waals surface area contributed by atoms with Crippen LogP contribution in [0.3, 0.4) is 0 Å². The molecule has 0 spiro atoms. The fraction of sp³-hybridized carbons (Fsp3) is 0.350. The number of rotatable bonds is 3. The van der Waals surface area contributed by atoms with E-state index in [4.69, 9.17) is 0 Å². The quantitative estimate of drug-likeness (QED) is 0.686. The molecule has 0 amide bonds. The molecule has 2 saturated heterocycles. The maximum Gasteiger partial charge on any atom is 0.0703 e. The minimum atomic E-state index is 0.576. The first-order valence-electron chi connectivity index (χ1n) is 8.90. The first kappa shape index (κ1) is 14.1. The molecule has 0 aliphatic carbocycles. The monoisotopic (exact) mass is 318 g/mol. The molecule has 122 valence electrons. The summed E-state index contributed by atoms with van der Waals surface area (Å²) in [4.78, 5) is 7.90. The third-order valence-corrected chi connectivity index (χ3v) is 5.46. The standard InChI is InChI=1S/C20H22N4/c1-5-19-14(7-8-21-19)9-13(1)20-6-4-17(12-22-20)24-18-10-15-2-3-16(11-18)23-15/h1,4-9,12,15-16,18,21,23-24H,2-3,10-11H2/t15-,16+,18?. The molecule has 4 nitrogen and oxygen atoms in total. The first-order chi connectivity index (χ1) is 11.8. The van der Waals surface area contributed by atoms with Gasteiger partial charge in [0.25, 0.3) is 0 Å². The van der Waals surface area contributed by atoms with Gasteiger partial charge in [-0.15, -0.1) is 0 Å². The Bertz CT molecular complexity index is 839. The number of benzene rings is 1. The molecule has 3 aromatic rings. The van der Waals surface area contributed by atoms with Gasteiger partial charge in [0.2, 0.25) is 0 Å². The van der Waals surface area contributed by atoms with Crippen LogP contribution in [0, 0.1) is 0 Å². The second-order valence-corrected chi connectivity index (χ2v) is 7.16. The van der Waals surface area contributed by atoms with Crippen LogP contribution in [0.2, 0.25) is 0 Å². The van der Waals surface area contributed by atoms with Crippen LogP contribution < -0.4 is 10.6 Å². The van der Waals surface area contributed by atoms with Gasteiger partial charge in [-0.05, 0) is 56.0 Å². The van der Waals surface area contributed by atoms with Gasteiger partial charge in [-0.3, -0.25) is 4.98 Å². The highest BCUT2D eigenvalue weighted by atomic mass is 15.0. The highest BCUT2D eigenvalue weighted by Gasteiger charge is 2.33. The molecule has 24 heavy (non-hydrogen) atoms. The fourth-order valence-electron chi connectivity index (χ4n) is 4.27. The Morgan fingerprint density at radius 3 is 2.67 bits per heavy atom. The summed E-state index contributed by atoms with van der Waals surface area (Å²) in [5.41, 5.74) is 4.48. The number of H-pyrrole nitrogens is 1. The van der Waals surface area contributed by atoms with Crippen molar-refractivity contribution in [1.82, 2.24) is 15.3 Å². The van der Waals surface area contributed by atoms with E-state index in [-0.39, 0.29) is 0 Å². The van der Waals surface area contributed by atoms with Gasteiger partial charge in [-0.2, -0.15) is 0 Å². The molecule has 4 heteroatoms. The predicted octanol–water partition coefficient (Wildman–Crippen LogP) is 3.92. The molecule has 1 unspecified atom stereocenters. The number of hydrogen-bond acceptors (Lipinski definition) is 3. The SMILES string of the molecule is c1cc2cc(-c3ccc(NC4C[C@H]5CC[C@@H](C4)N5)cn3)ccc2[nH]1. The van der Waals surface area contributed by atoms with E-state index < -0.39 is 0 Å². The van der Waals surface area contributed by atoms with Crippen LogP contribution in [0.25, 0.3) is 22.2 Å². The summed E-state index contributed by atoms with van der Waals surface area (Å²) in [6.45, 7) is 0. The summed E-state index contributed by atoms with van der Waals surface area (Å²) in [5.74, 6) is 0. The van der Waals surface area contributed by atoms with Gasteiger partial charge in [-0.25, -0.2) is 0 Å². The van der Waals surface area contributed by atoms with Gasteiger partial charge in [0.15, 0.2) is 0 Å². The molecule has 0 radical (unpaired) electrons. The highest BCUT2D eigenvalue weighted by molar-refractivity contribution is 5.84. The summed E-state index contributed by atoms with van der Waals surface area (Å²) in [7, 11) is 0. The molecule has 2 aliphatic heterocycles. The zero-order chi connectivity index (χ0) is 15.9. The van der Waals surface area contributed by atoms with E-state index >= 15 is 0 Å². The lowest BCUT2D eigenvalue weighted by atomic mass is 9.99. The molecule has 2 aliphatic rings. The Morgan fingerprint density at radius 1 is 1.00 bits per heavy atom. The minimum absolute atomic E-state index is 0.576. The van der Waals surface area contributed by atoms with Crippen LogP contribution in [-0.4, -0.2) is 28.1 Å². The van der Waals surface area contributed by atoms with Crippen molar-refractivity contribution in [3.63, 3.8) is 0 Å². The third-order valence-electron chi connectivity index (χ3n) is 5.46. The van der Waals surface area contributed by atoms with Crippen LogP contribution in [0.4, 0.5) is 5.69 Å². The Labute approximate surface area is 141 Å². The molecular weight excluding hydrogens is 296 g/mol. The van der Waals surface area contributed by atoms with Crippen molar-refractivity contribution in [2.24, 2.45) is 0 Å². The summed E-state index contributed by atoms with van der Waals surface area (Å²) in [6, 6.07) is 14.8. The number of fused-ring (bicyclic) bond motifs is 3. The van der Waals surface area contributed by atoms with E-state index in [1.54, 1.807) is 0 Å².